The maximum absolute atomic E-state index is 12.2. The van der Waals surface area contributed by atoms with Crippen molar-refractivity contribution in [2.24, 2.45) is 0 Å². The zero-order valence-corrected chi connectivity index (χ0v) is 13.1. The summed E-state index contributed by atoms with van der Waals surface area (Å²) in [5.41, 5.74) is 0. The lowest BCUT2D eigenvalue weighted by Gasteiger charge is -2.36. The molecule has 0 spiro atoms. The van der Waals surface area contributed by atoms with E-state index >= 15 is 0 Å². The number of ether oxygens (including phenoxy) is 1. The molecule has 0 bridgehead atoms. The number of nitrogens with zero attached hydrogens (tertiary/aromatic N) is 2. The number of rotatable bonds is 4. The van der Waals surface area contributed by atoms with Crippen LogP contribution in [0.15, 0.2) is 0 Å². The number of piperidine rings is 2. The Morgan fingerprint density at radius 2 is 1.67 bits per heavy atom. The number of carbonyl (C=O) groups is 1. The molecule has 1 N–H and O–H groups in total. The summed E-state index contributed by atoms with van der Waals surface area (Å²) in [6.45, 7) is 6.65. The molecule has 21 heavy (non-hydrogen) atoms. The summed E-state index contributed by atoms with van der Waals surface area (Å²) in [6.07, 6.45) is 7.32. The number of hydrogen-bond acceptors (Lipinski definition) is 4. The summed E-state index contributed by atoms with van der Waals surface area (Å²) in [4.78, 5) is 16.9. The van der Waals surface area contributed by atoms with Gasteiger partial charge in [-0.25, -0.2) is 0 Å². The van der Waals surface area contributed by atoms with E-state index in [1.165, 1.54) is 25.9 Å². The van der Waals surface area contributed by atoms with Crippen molar-refractivity contribution in [1.29, 1.82) is 0 Å². The van der Waals surface area contributed by atoms with E-state index in [0.717, 1.165) is 51.9 Å². The van der Waals surface area contributed by atoms with Gasteiger partial charge in [-0.15, -0.1) is 0 Å². The molecule has 3 aliphatic rings. The smallest absolute Gasteiger partial charge is 0.248 e. The Hall–Kier alpha value is -0.650. The third-order valence-corrected chi connectivity index (χ3v) is 5.20. The van der Waals surface area contributed by atoms with Gasteiger partial charge in [0.25, 0.3) is 0 Å². The Bertz CT molecular complexity index is 330. The SMILES string of the molecule is O=C(COC1CCNCC1)N1CCC(N2CCCC2)CC1. The fourth-order valence-electron chi connectivity index (χ4n) is 3.83. The van der Waals surface area contributed by atoms with Crippen LogP contribution in [0.4, 0.5) is 0 Å². The second kappa shape index (κ2) is 7.56. The molecule has 0 aromatic heterocycles. The second-order valence-corrected chi connectivity index (χ2v) is 6.62. The van der Waals surface area contributed by atoms with Crippen molar-refractivity contribution in [3.8, 4) is 0 Å². The van der Waals surface area contributed by atoms with Gasteiger partial charge in [0.1, 0.15) is 6.61 Å². The van der Waals surface area contributed by atoms with Crippen LogP contribution in [-0.2, 0) is 9.53 Å². The van der Waals surface area contributed by atoms with E-state index in [1.54, 1.807) is 0 Å². The molecule has 3 aliphatic heterocycles. The van der Waals surface area contributed by atoms with E-state index in [9.17, 15) is 4.79 Å². The zero-order chi connectivity index (χ0) is 14.5. The van der Waals surface area contributed by atoms with Crippen LogP contribution in [0.25, 0.3) is 0 Å². The highest BCUT2D eigenvalue weighted by atomic mass is 16.5. The third-order valence-electron chi connectivity index (χ3n) is 5.20. The number of hydrogen-bond donors (Lipinski definition) is 1. The highest BCUT2D eigenvalue weighted by Gasteiger charge is 2.28. The van der Waals surface area contributed by atoms with Gasteiger partial charge in [-0.2, -0.15) is 0 Å². The molecular weight excluding hydrogens is 266 g/mol. The third kappa shape index (κ3) is 4.18. The van der Waals surface area contributed by atoms with Crippen molar-refractivity contribution in [2.45, 2.75) is 50.7 Å². The van der Waals surface area contributed by atoms with Gasteiger partial charge in [0.05, 0.1) is 6.10 Å². The lowest BCUT2D eigenvalue weighted by atomic mass is 10.0. The average Bonchev–Trinajstić information content (AvgIpc) is 3.08. The number of amides is 1. The van der Waals surface area contributed by atoms with E-state index in [-0.39, 0.29) is 18.6 Å². The molecule has 0 aromatic rings. The van der Waals surface area contributed by atoms with Crippen molar-refractivity contribution < 1.29 is 9.53 Å². The van der Waals surface area contributed by atoms with E-state index in [2.05, 4.69) is 10.2 Å². The molecule has 0 radical (unpaired) electrons. The van der Waals surface area contributed by atoms with E-state index in [1.807, 2.05) is 4.90 Å². The Kier molecular flexibility index (Phi) is 5.49. The summed E-state index contributed by atoms with van der Waals surface area (Å²) < 4.78 is 5.78. The van der Waals surface area contributed by atoms with Crippen molar-refractivity contribution in [3.05, 3.63) is 0 Å². The highest BCUT2D eigenvalue weighted by Crippen LogP contribution is 2.21. The standard InChI is InChI=1S/C16H29N3O2/c20-16(13-21-15-3-7-17-8-4-15)19-11-5-14(6-12-19)18-9-1-2-10-18/h14-15,17H,1-13H2. The predicted molar refractivity (Wildman–Crippen MR) is 82.3 cm³/mol. The number of nitrogens with one attached hydrogen (secondary N) is 1. The minimum Gasteiger partial charge on any atom is -0.368 e. The lowest BCUT2D eigenvalue weighted by molar-refractivity contribution is -0.140. The summed E-state index contributed by atoms with van der Waals surface area (Å²) >= 11 is 0. The van der Waals surface area contributed by atoms with Gasteiger partial charge in [-0.05, 0) is 64.7 Å². The largest absolute Gasteiger partial charge is 0.368 e. The Morgan fingerprint density at radius 3 is 2.33 bits per heavy atom. The van der Waals surface area contributed by atoms with E-state index < -0.39 is 0 Å². The molecule has 3 saturated heterocycles. The van der Waals surface area contributed by atoms with Crippen molar-refractivity contribution in [2.75, 3.05) is 45.9 Å². The van der Waals surface area contributed by atoms with Crippen molar-refractivity contribution in [1.82, 2.24) is 15.1 Å². The monoisotopic (exact) mass is 295 g/mol. The number of likely N-dealkylation sites (tertiary alicyclic amines) is 2. The molecule has 5 heteroatoms. The van der Waals surface area contributed by atoms with E-state index in [0.29, 0.717) is 6.04 Å². The summed E-state index contributed by atoms with van der Waals surface area (Å²) in [6, 6.07) is 0.710. The first-order valence-electron chi connectivity index (χ1n) is 8.67. The van der Waals surface area contributed by atoms with Gasteiger partial charge in [-0.3, -0.25) is 4.79 Å². The summed E-state index contributed by atoms with van der Waals surface area (Å²) in [7, 11) is 0. The van der Waals surface area contributed by atoms with Crippen molar-refractivity contribution in [3.63, 3.8) is 0 Å². The molecule has 0 atom stereocenters. The molecule has 5 nitrogen and oxygen atoms in total. The van der Waals surface area contributed by atoms with Crippen LogP contribution in [0.3, 0.4) is 0 Å². The van der Waals surface area contributed by atoms with Gasteiger partial charge in [0, 0.05) is 19.1 Å². The highest BCUT2D eigenvalue weighted by molar-refractivity contribution is 5.77. The average molecular weight is 295 g/mol. The quantitative estimate of drug-likeness (QED) is 0.835. The first kappa shape index (κ1) is 15.3. The van der Waals surface area contributed by atoms with Crippen LogP contribution < -0.4 is 5.32 Å². The normalized spacial score (nSPS) is 26.4. The van der Waals surface area contributed by atoms with Crippen molar-refractivity contribution >= 4 is 5.91 Å². The molecule has 0 unspecified atom stereocenters. The Labute approximate surface area is 128 Å². The van der Waals surface area contributed by atoms with Gasteiger partial charge in [0.15, 0.2) is 0 Å². The van der Waals surface area contributed by atoms with E-state index in [4.69, 9.17) is 4.74 Å². The maximum Gasteiger partial charge on any atom is 0.248 e. The molecule has 3 rings (SSSR count). The Balaban J connectivity index is 1.36. The van der Waals surface area contributed by atoms with Gasteiger partial charge in [0.2, 0.25) is 5.91 Å². The molecular formula is C16H29N3O2. The Morgan fingerprint density at radius 1 is 1.00 bits per heavy atom. The molecule has 0 aromatic carbocycles. The fraction of sp³-hybridized carbons (Fsp3) is 0.938. The summed E-state index contributed by atoms with van der Waals surface area (Å²) in [5.74, 6) is 0.188. The molecule has 3 heterocycles. The van der Waals surface area contributed by atoms with Crippen LogP contribution in [0.2, 0.25) is 0 Å². The van der Waals surface area contributed by atoms with Gasteiger partial charge < -0.3 is 19.9 Å². The molecule has 120 valence electrons. The van der Waals surface area contributed by atoms with Crippen LogP contribution in [0.1, 0.15) is 38.5 Å². The van der Waals surface area contributed by atoms with Crippen LogP contribution in [-0.4, -0.2) is 73.7 Å². The zero-order valence-electron chi connectivity index (χ0n) is 13.1. The van der Waals surface area contributed by atoms with Gasteiger partial charge >= 0.3 is 0 Å². The van der Waals surface area contributed by atoms with Crippen LogP contribution >= 0.6 is 0 Å². The molecule has 1 amide bonds. The molecule has 3 fully saturated rings. The molecule has 0 aliphatic carbocycles. The summed E-state index contributed by atoms with van der Waals surface area (Å²) in [5, 5.41) is 3.32. The minimum absolute atomic E-state index is 0.188. The maximum atomic E-state index is 12.2. The topological polar surface area (TPSA) is 44.8 Å². The minimum atomic E-state index is 0.188. The first-order chi connectivity index (χ1) is 10.3. The fourth-order valence-corrected chi connectivity index (χ4v) is 3.83. The number of carbonyl (C=O) groups excluding carboxylic acids is 1. The predicted octanol–water partition coefficient (Wildman–Crippen LogP) is 0.842. The first-order valence-corrected chi connectivity index (χ1v) is 8.67. The van der Waals surface area contributed by atoms with Gasteiger partial charge in [-0.1, -0.05) is 0 Å². The lowest BCUT2D eigenvalue weighted by Crippen LogP contribution is -2.47. The molecule has 0 saturated carbocycles. The van der Waals surface area contributed by atoms with Crippen LogP contribution in [0, 0.1) is 0 Å². The van der Waals surface area contributed by atoms with Crippen LogP contribution in [0.5, 0.6) is 0 Å². The second-order valence-electron chi connectivity index (χ2n) is 6.62.